The SMILES string of the molecule is CCCC(Cn1nccc1C)NCC. The van der Waals surface area contributed by atoms with Gasteiger partial charge < -0.3 is 5.32 Å². The molecule has 1 heterocycles. The van der Waals surface area contributed by atoms with Crippen molar-refractivity contribution in [1.29, 1.82) is 0 Å². The molecule has 14 heavy (non-hydrogen) atoms. The van der Waals surface area contributed by atoms with Crippen molar-refractivity contribution < 1.29 is 0 Å². The lowest BCUT2D eigenvalue weighted by Gasteiger charge is -2.17. The first-order valence-corrected chi connectivity index (χ1v) is 5.49. The molecule has 3 nitrogen and oxygen atoms in total. The van der Waals surface area contributed by atoms with Crippen LogP contribution in [-0.4, -0.2) is 22.4 Å². The summed E-state index contributed by atoms with van der Waals surface area (Å²) >= 11 is 0. The number of hydrogen-bond donors (Lipinski definition) is 1. The highest BCUT2D eigenvalue weighted by Gasteiger charge is 2.07. The summed E-state index contributed by atoms with van der Waals surface area (Å²) in [6.07, 6.45) is 4.30. The quantitative estimate of drug-likeness (QED) is 0.752. The maximum absolute atomic E-state index is 4.30. The molecule has 0 aliphatic heterocycles. The topological polar surface area (TPSA) is 29.9 Å². The Hall–Kier alpha value is -0.830. The lowest BCUT2D eigenvalue weighted by Crippen LogP contribution is -2.33. The van der Waals surface area contributed by atoms with Gasteiger partial charge in [0.05, 0.1) is 6.54 Å². The second-order valence-electron chi connectivity index (χ2n) is 3.70. The summed E-state index contributed by atoms with van der Waals surface area (Å²) < 4.78 is 2.07. The molecule has 1 aromatic heterocycles. The van der Waals surface area contributed by atoms with Gasteiger partial charge in [-0.1, -0.05) is 20.3 Å². The Morgan fingerprint density at radius 1 is 1.50 bits per heavy atom. The summed E-state index contributed by atoms with van der Waals surface area (Å²) in [7, 11) is 0. The van der Waals surface area contributed by atoms with Gasteiger partial charge in [-0.15, -0.1) is 0 Å². The predicted molar refractivity (Wildman–Crippen MR) is 59.3 cm³/mol. The number of aryl methyl sites for hydroxylation is 1. The van der Waals surface area contributed by atoms with Crippen LogP contribution in [0.1, 0.15) is 32.4 Å². The van der Waals surface area contributed by atoms with Gasteiger partial charge in [0.25, 0.3) is 0 Å². The summed E-state index contributed by atoms with van der Waals surface area (Å²) in [6.45, 7) is 8.49. The predicted octanol–water partition coefficient (Wildman–Crippen LogP) is 1.97. The molecule has 0 radical (unpaired) electrons. The Labute approximate surface area is 86.5 Å². The molecule has 1 unspecified atom stereocenters. The molecular formula is C11H21N3. The molecule has 0 spiro atoms. The van der Waals surface area contributed by atoms with Crippen molar-refractivity contribution in [3.8, 4) is 0 Å². The van der Waals surface area contributed by atoms with Crippen LogP contribution in [0.2, 0.25) is 0 Å². The number of likely N-dealkylation sites (N-methyl/N-ethyl adjacent to an activating group) is 1. The molecule has 1 aromatic rings. The van der Waals surface area contributed by atoms with Gasteiger partial charge in [0.2, 0.25) is 0 Å². The fourth-order valence-electron chi connectivity index (χ4n) is 1.69. The first-order valence-electron chi connectivity index (χ1n) is 5.49. The van der Waals surface area contributed by atoms with Crippen molar-refractivity contribution in [2.75, 3.05) is 6.54 Å². The van der Waals surface area contributed by atoms with E-state index in [-0.39, 0.29) is 0 Å². The van der Waals surface area contributed by atoms with Crippen LogP contribution >= 0.6 is 0 Å². The van der Waals surface area contributed by atoms with E-state index in [1.54, 1.807) is 0 Å². The molecule has 0 saturated heterocycles. The van der Waals surface area contributed by atoms with Crippen molar-refractivity contribution in [2.24, 2.45) is 0 Å². The van der Waals surface area contributed by atoms with Gasteiger partial charge in [-0.3, -0.25) is 4.68 Å². The highest BCUT2D eigenvalue weighted by Crippen LogP contribution is 2.03. The molecule has 1 atom stereocenters. The molecule has 0 aromatic carbocycles. The minimum absolute atomic E-state index is 0.559. The Bertz CT molecular complexity index is 249. The minimum atomic E-state index is 0.559. The number of rotatable bonds is 6. The second kappa shape index (κ2) is 5.81. The third kappa shape index (κ3) is 3.14. The molecule has 0 bridgehead atoms. The third-order valence-corrected chi connectivity index (χ3v) is 2.45. The van der Waals surface area contributed by atoms with E-state index in [0.29, 0.717) is 6.04 Å². The summed E-state index contributed by atoms with van der Waals surface area (Å²) in [5.74, 6) is 0. The van der Waals surface area contributed by atoms with Crippen LogP contribution in [0.3, 0.4) is 0 Å². The lowest BCUT2D eigenvalue weighted by atomic mass is 10.1. The van der Waals surface area contributed by atoms with Gasteiger partial charge in [-0.25, -0.2) is 0 Å². The lowest BCUT2D eigenvalue weighted by molar-refractivity contribution is 0.405. The van der Waals surface area contributed by atoms with E-state index in [1.807, 2.05) is 6.20 Å². The van der Waals surface area contributed by atoms with Crippen LogP contribution in [0.4, 0.5) is 0 Å². The van der Waals surface area contributed by atoms with E-state index in [9.17, 15) is 0 Å². The van der Waals surface area contributed by atoms with Crippen molar-refractivity contribution in [1.82, 2.24) is 15.1 Å². The molecule has 0 fully saturated rings. The number of aromatic nitrogens is 2. The zero-order valence-corrected chi connectivity index (χ0v) is 9.45. The van der Waals surface area contributed by atoms with E-state index in [1.165, 1.54) is 18.5 Å². The average Bonchev–Trinajstić information content (AvgIpc) is 2.53. The van der Waals surface area contributed by atoms with E-state index in [0.717, 1.165) is 13.1 Å². The molecule has 0 saturated carbocycles. The van der Waals surface area contributed by atoms with Crippen molar-refractivity contribution in [3.05, 3.63) is 18.0 Å². The first-order chi connectivity index (χ1) is 6.77. The Morgan fingerprint density at radius 2 is 2.29 bits per heavy atom. The van der Waals surface area contributed by atoms with Gasteiger partial charge in [-0.05, 0) is 26.0 Å². The van der Waals surface area contributed by atoms with Crippen molar-refractivity contribution >= 4 is 0 Å². The first kappa shape index (κ1) is 11.2. The number of nitrogens with one attached hydrogen (secondary N) is 1. The van der Waals surface area contributed by atoms with Crippen LogP contribution in [0.5, 0.6) is 0 Å². The van der Waals surface area contributed by atoms with Gasteiger partial charge in [0, 0.05) is 17.9 Å². The van der Waals surface area contributed by atoms with E-state index in [2.05, 4.69) is 41.9 Å². The maximum Gasteiger partial charge on any atom is 0.0565 e. The molecule has 0 aliphatic rings. The highest BCUT2D eigenvalue weighted by molar-refractivity contribution is 4.96. The molecule has 1 N–H and O–H groups in total. The summed E-state index contributed by atoms with van der Waals surface area (Å²) in [5, 5.41) is 7.78. The zero-order chi connectivity index (χ0) is 10.4. The van der Waals surface area contributed by atoms with E-state index in [4.69, 9.17) is 0 Å². The highest BCUT2D eigenvalue weighted by atomic mass is 15.3. The summed E-state index contributed by atoms with van der Waals surface area (Å²) in [5.41, 5.74) is 1.24. The summed E-state index contributed by atoms with van der Waals surface area (Å²) in [6, 6.07) is 2.61. The fourth-order valence-corrected chi connectivity index (χ4v) is 1.69. The zero-order valence-electron chi connectivity index (χ0n) is 9.45. The molecule has 0 amide bonds. The van der Waals surface area contributed by atoms with Gasteiger partial charge >= 0.3 is 0 Å². The largest absolute Gasteiger partial charge is 0.312 e. The van der Waals surface area contributed by atoms with Gasteiger partial charge in [0.15, 0.2) is 0 Å². The number of nitrogens with zero attached hydrogens (tertiary/aromatic N) is 2. The Morgan fingerprint density at radius 3 is 2.79 bits per heavy atom. The maximum atomic E-state index is 4.30. The van der Waals surface area contributed by atoms with Crippen LogP contribution in [0, 0.1) is 6.92 Å². The van der Waals surface area contributed by atoms with Gasteiger partial charge in [0.1, 0.15) is 0 Å². The van der Waals surface area contributed by atoms with Crippen molar-refractivity contribution in [3.63, 3.8) is 0 Å². The molecular weight excluding hydrogens is 174 g/mol. The average molecular weight is 195 g/mol. The van der Waals surface area contributed by atoms with Crippen molar-refractivity contribution in [2.45, 2.75) is 46.2 Å². The van der Waals surface area contributed by atoms with Crippen LogP contribution < -0.4 is 5.32 Å². The van der Waals surface area contributed by atoms with Crippen LogP contribution in [0.25, 0.3) is 0 Å². The van der Waals surface area contributed by atoms with Gasteiger partial charge in [-0.2, -0.15) is 5.10 Å². The minimum Gasteiger partial charge on any atom is -0.312 e. The molecule has 1 rings (SSSR count). The molecule has 0 aliphatic carbocycles. The Kier molecular flexibility index (Phi) is 4.66. The standard InChI is InChI=1S/C11H21N3/c1-4-6-11(12-5-2)9-14-10(3)7-8-13-14/h7-8,11-12H,4-6,9H2,1-3H3. The molecule has 3 heteroatoms. The van der Waals surface area contributed by atoms with E-state index >= 15 is 0 Å². The summed E-state index contributed by atoms with van der Waals surface area (Å²) in [4.78, 5) is 0. The normalized spacial score (nSPS) is 13.1. The fraction of sp³-hybridized carbons (Fsp3) is 0.727. The third-order valence-electron chi connectivity index (χ3n) is 2.45. The second-order valence-corrected chi connectivity index (χ2v) is 3.70. The monoisotopic (exact) mass is 195 g/mol. The van der Waals surface area contributed by atoms with Crippen LogP contribution in [-0.2, 0) is 6.54 Å². The number of hydrogen-bond acceptors (Lipinski definition) is 2. The molecule has 80 valence electrons. The van der Waals surface area contributed by atoms with E-state index < -0.39 is 0 Å². The van der Waals surface area contributed by atoms with Crippen LogP contribution in [0.15, 0.2) is 12.3 Å². The smallest absolute Gasteiger partial charge is 0.0565 e. The Balaban J connectivity index is 2.50.